The summed E-state index contributed by atoms with van der Waals surface area (Å²) in [7, 11) is 0. The summed E-state index contributed by atoms with van der Waals surface area (Å²) < 4.78 is 5.21. The van der Waals surface area contributed by atoms with Crippen LogP contribution in [0.5, 0.6) is 0 Å². The Morgan fingerprint density at radius 2 is 1.55 bits per heavy atom. The third-order valence-corrected chi connectivity index (χ3v) is 5.27. The van der Waals surface area contributed by atoms with Crippen molar-refractivity contribution in [3.63, 3.8) is 0 Å². The van der Waals surface area contributed by atoms with Crippen LogP contribution in [0.3, 0.4) is 0 Å². The molecular formula is C25H23NO3. The number of esters is 1. The van der Waals surface area contributed by atoms with Crippen LogP contribution in [0.1, 0.15) is 40.4 Å². The fraction of sp³-hybridized carbons (Fsp3) is 0.200. The van der Waals surface area contributed by atoms with Crippen LogP contribution in [-0.4, -0.2) is 18.5 Å². The van der Waals surface area contributed by atoms with E-state index in [0.717, 1.165) is 36.0 Å². The molecule has 1 N–H and O–H groups in total. The lowest BCUT2D eigenvalue weighted by Crippen LogP contribution is -2.34. The van der Waals surface area contributed by atoms with Gasteiger partial charge >= 0.3 is 5.97 Å². The molecule has 1 atom stereocenters. The Kier molecular flexibility index (Phi) is 5.71. The Balaban J connectivity index is 1.32. The van der Waals surface area contributed by atoms with Crippen molar-refractivity contribution in [1.82, 2.24) is 5.32 Å². The molecule has 1 aliphatic rings. The molecule has 3 aromatic carbocycles. The minimum absolute atomic E-state index is 0.0173. The quantitative estimate of drug-likeness (QED) is 0.648. The smallest absolute Gasteiger partial charge is 0.338 e. The number of nitrogens with one attached hydrogen (secondary N) is 1. The van der Waals surface area contributed by atoms with Crippen molar-refractivity contribution in [3.05, 3.63) is 95.6 Å². The summed E-state index contributed by atoms with van der Waals surface area (Å²) in [5.74, 6) is -0.773. The molecule has 146 valence electrons. The Bertz CT molecular complexity index is 996. The zero-order valence-corrected chi connectivity index (χ0v) is 16.1. The van der Waals surface area contributed by atoms with E-state index in [1.807, 2.05) is 54.6 Å². The zero-order chi connectivity index (χ0) is 20.1. The average Bonchev–Trinajstić information content (AvgIpc) is 2.78. The van der Waals surface area contributed by atoms with E-state index in [4.69, 9.17) is 4.74 Å². The van der Waals surface area contributed by atoms with Gasteiger partial charge in [-0.2, -0.15) is 0 Å². The number of ether oxygens (including phenoxy) is 1. The standard InChI is InChI=1S/C25H23NO3/c27-24(26-23-12-6-10-20-9-4-5-11-22(20)23)17-29-25(28)21-15-13-19(14-16-21)18-7-2-1-3-8-18/h1-5,7-9,11,13-16,23H,6,10,12,17H2,(H,26,27). The number of carbonyl (C=O) groups is 2. The molecule has 0 saturated carbocycles. The molecule has 4 nitrogen and oxygen atoms in total. The van der Waals surface area contributed by atoms with Gasteiger partial charge in [-0.1, -0.05) is 66.7 Å². The van der Waals surface area contributed by atoms with Crippen molar-refractivity contribution in [1.29, 1.82) is 0 Å². The van der Waals surface area contributed by atoms with E-state index in [9.17, 15) is 9.59 Å². The molecule has 0 saturated heterocycles. The number of hydrogen-bond acceptors (Lipinski definition) is 3. The van der Waals surface area contributed by atoms with Crippen molar-refractivity contribution < 1.29 is 14.3 Å². The van der Waals surface area contributed by atoms with Crippen LogP contribution >= 0.6 is 0 Å². The summed E-state index contributed by atoms with van der Waals surface area (Å²) >= 11 is 0. The summed E-state index contributed by atoms with van der Waals surface area (Å²) in [6.45, 7) is -0.280. The molecule has 0 fully saturated rings. The van der Waals surface area contributed by atoms with Gasteiger partial charge in [0.2, 0.25) is 0 Å². The van der Waals surface area contributed by atoms with E-state index in [2.05, 4.69) is 17.4 Å². The molecule has 1 amide bonds. The second-order valence-corrected chi connectivity index (χ2v) is 7.23. The molecule has 1 unspecified atom stereocenters. The van der Waals surface area contributed by atoms with Gasteiger partial charge in [-0.3, -0.25) is 4.79 Å². The second-order valence-electron chi connectivity index (χ2n) is 7.23. The number of aryl methyl sites for hydroxylation is 1. The first-order chi connectivity index (χ1) is 14.2. The summed E-state index contributed by atoms with van der Waals surface area (Å²) in [5.41, 5.74) is 4.98. The van der Waals surface area contributed by atoms with Crippen molar-refractivity contribution in [3.8, 4) is 11.1 Å². The van der Waals surface area contributed by atoms with Crippen LogP contribution in [0.2, 0.25) is 0 Å². The fourth-order valence-corrected chi connectivity index (χ4v) is 3.78. The lowest BCUT2D eigenvalue weighted by atomic mass is 9.88. The van der Waals surface area contributed by atoms with Gasteiger partial charge in [0.05, 0.1) is 11.6 Å². The lowest BCUT2D eigenvalue weighted by molar-refractivity contribution is -0.125. The molecule has 0 aromatic heterocycles. The predicted octanol–water partition coefficient (Wildman–Crippen LogP) is 4.70. The summed E-state index contributed by atoms with van der Waals surface area (Å²) in [5, 5.41) is 3.00. The lowest BCUT2D eigenvalue weighted by Gasteiger charge is -2.26. The maximum Gasteiger partial charge on any atom is 0.338 e. The Morgan fingerprint density at radius 1 is 0.862 bits per heavy atom. The molecule has 4 heteroatoms. The highest BCUT2D eigenvalue weighted by atomic mass is 16.5. The monoisotopic (exact) mass is 385 g/mol. The maximum atomic E-state index is 12.3. The number of benzene rings is 3. The highest BCUT2D eigenvalue weighted by Crippen LogP contribution is 2.29. The van der Waals surface area contributed by atoms with Gasteiger partial charge in [0.15, 0.2) is 6.61 Å². The van der Waals surface area contributed by atoms with Crippen molar-refractivity contribution in [2.45, 2.75) is 25.3 Å². The van der Waals surface area contributed by atoms with E-state index in [-0.39, 0.29) is 18.6 Å². The van der Waals surface area contributed by atoms with E-state index in [1.165, 1.54) is 5.56 Å². The third-order valence-electron chi connectivity index (χ3n) is 5.27. The largest absolute Gasteiger partial charge is 0.452 e. The topological polar surface area (TPSA) is 55.4 Å². The van der Waals surface area contributed by atoms with Gasteiger partial charge in [-0.25, -0.2) is 4.79 Å². The molecule has 0 heterocycles. The highest BCUT2D eigenvalue weighted by molar-refractivity contribution is 5.92. The minimum Gasteiger partial charge on any atom is -0.452 e. The van der Waals surface area contributed by atoms with Gasteiger partial charge in [-0.15, -0.1) is 0 Å². The van der Waals surface area contributed by atoms with Gasteiger partial charge in [-0.05, 0) is 53.6 Å². The Morgan fingerprint density at radius 3 is 2.34 bits per heavy atom. The first kappa shape index (κ1) is 18.9. The zero-order valence-electron chi connectivity index (χ0n) is 16.1. The van der Waals surface area contributed by atoms with Gasteiger partial charge in [0.1, 0.15) is 0 Å². The highest BCUT2D eigenvalue weighted by Gasteiger charge is 2.21. The van der Waals surface area contributed by atoms with Crippen molar-refractivity contribution >= 4 is 11.9 Å². The molecule has 0 aliphatic heterocycles. The van der Waals surface area contributed by atoms with E-state index >= 15 is 0 Å². The van der Waals surface area contributed by atoms with E-state index in [1.54, 1.807) is 12.1 Å². The van der Waals surface area contributed by atoms with E-state index in [0.29, 0.717) is 5.56 Å². The SMILES string of the molecule is O=C(COC(=O)c1ccc(-c2ccccc2)cc1)NC1CCCc2ccccc21. The summed E-state index contributed by atoms with van der Waals surface area (Å²) in [6, 6.07) is 25.3. The van der Waals surface area contributed by atoms with Crippen molar-refractivity contribution in [2.75, 3.05) is 6.61 Å². The molecule has 0 radical (unpaired) electrons. The fourth-order valence-electron chi connectivity index (χ4n) is 3.78. The number of carbonyl (C=O) groups excluding carboxylic acids is 2. The maximum absolute atomic E-state index is 12.3. The van der Waals surface area contributed by atoms with Crippen LogP contribution in [0, 0.1) is 0 Å². The molecule has 29 heavy (non-hydrogen) atoms. The normalized spacial score (nSPS) is 15.2. The summed E-state index contributed by atoms with van der Waals surface area (Å²) in [6.07, 6.45) is 2.98. The first-order valence-corrected chi connectivity index (χ1v) is 9.90. The predicted molar refractivity (Wildman–Crippen MR) is 112 cm³/mol. The Labute approximate surface area is 170 Å². The summed E-state index contributed by atoms with van der Waals surface area (Å²) in [4.78, 5) is 24.6. The molecular weight excluding hydrogens is 362 g/mol. The average molecular weight is 385 g/mol. The first-order valence-electron chi connectivity index (χ1n) is 9.90. The molecule has 1 aliphatic carbocycles. The van der Waals surface area contributed by atoms with Crippen LogP contribution in [-0.2, 0) is 16.0 Å². The number of amides is 1. The van der Waals surface area contributed by atoms with E-state index < -0.39 is 5.97 Å². The second kappa shape index (κ2) is 8.74. The Hall–Kier alpha value is -3.40. The molecule has 3 aromatic rings. The number of rotatable bonds is 5. The molecule has 0 spiro atoms. The molecule has 4 rings (SSSR count). The van der Waals surface area contributed by atoms with Crippen LogP contribution < -0.4 is 5.32 Å². The van der Waals surface area contributed by atoms with Crippen LogP contribution in [0.15, 0.2) is 78.9 Å². The number of hydrogen-bond donors (Lipinski definition) is 1. The molecule has 0 bridgehead atoms. The van der Waals surface area contributed by atoms with Crippen molar-refractivity contribution in [2.24, 2.45) is 0 Å². The van der Waals surface area contributed by atoms with Crippen LogP contribution in [0.25, 0.3) is 11.1 Å². The third kappa shape index (κ3) is 4.54. The van der Waals surface area contributed by atoms with Crippen LogP contribution in [0.4, 0.5) is 0 Å². The van der Waals surface area contributed by atoms with Gasteiger partial charge in [0, 0.05) is 0 Å². The van der Waals surface area contributed by atoms with Gasteiger partial charge in [0.25, 0.3) is 5.91 Å². The number of fused-ring (bicyclic) bond motifs is 1. The minimum atomic E-state index is -0.496. The van der Waals surface area contributed by atoms with Gasteiger partial charge < -0.3 is 10.1 Å².